The van der Waals surface area contributed by atoms with Crippen molar-refractivity contribution < 1.29 is 19.5 Å². The van der Waals surface area contributed by atoms with Crippen LogP contribution in [0.3, 0.4) is 0 Å². The van der Waals surface area contributed by atoms with Crippen LogP contribution in [0.15, 0.2) is 0 Å². The number of amides is 2. The normalized spacial score (nSPS) is 15.3. The first kappa shape index (κ1) is 17.3. The zero-order valence-corrected chi connectivity index (χ0v) is 10.8. The van der Waals surface area contributed by atoms with Gasteiger partial charge in [-0.2, -0.15) is 0 Å². The van der Waals surface area contributed by atoms with Crippen molar-refractivity contribution in [2.45, 2.75) is 44.3 Å². The van der Waals surface area contributed by atoms with Crippen LogP contribution in [0, 0.1) is 0 Å². The summed E-state index contributed by atoms with van der Waals surface area (Å²) in [6.07, 6.45) is 1.10. The van der Waals surface area contributed by atoms with E-state index in [1.54, 1.807) is 0 Å². The van der Waals surface area contributed by atoms with Gasteiger partial charge in [0.05, 0.1) is 12.1 Å². The SMILES string of the molecule is C[C@@H](NC(=O)[C@@H](N)CCC[C@@H](NN)C(N)=O)C(=O)O. The van der Waals surface area contributed by atoms with Gasteiger partial charge in [-0.1, -0.05) is 0 Å². The highest BCUT2D eigenvalue weighted by Crippen LogP contribution is 2.03. The first-order valence-electron chi connectivity index (χ1n) is 5.83. The number of carboxylic acid groups (broad SMARTS) is 1. The summed E-state index contributed by atoms with van der Waals surface area (Å²) in [6, 6.07) is -2.51. The Balaban J connectivity index is 4.03. The number of carbonyl (C=O) groups excluding carboxylic acids is 2. The molecule has 0 aliphatic heterocycles. The molecule has 0 fully saturated rings. The monoisotopic (exact) mass is 275 g/mol. The molecule has 0 aromatic heterocycles. The Kier molecular flexibility index (Phi) is 7.65. The number of rotatable bonds is 9. The van der Waals surface area contributed by atoms with Crippen LogP contribution in [0.5, 0.6) is 0 Å². The highest BCUT2D eigenvalue weighted by atomic mass is 16.4. The van der Waals surface area contributed by atoms with E-state index in [4.69, 9.17) is 22.4 Å². The molecule has 110 valence electrons. The second-order valence-electron chi connectivity index (χ2n) is 4.23. The largest absolute Gasteiger partial charge is 0.480 e. The van der Waals surface area contributed by atoms with E-state index in [1.165, 1.54) is 6.92 Å². The number of aliphatic carboxylic acids is 1. The number of carboxylic acids is 1. The van der Waals surface area contributed by atoms with Crippen LogP contribution in [-0.2, 0) is 14.4 Å². The molecule has 0 spiro atoms. The lowest BCUT2D eigenvalue weighted by atomic mass is 10.1. The molecule has 0 saturated heterocycles. The molecule has 0 heterocycles. The first-order chi connectivity index (χ1) is 8.79. The van der Waals surface area contributed by atoms with Gasteiger partial charge in [-0.3, -0.25) is 20.2 Å². The number of hydrogen-bond donors (Lipinski definition) is 6. The fourth-order valence-corrected chi connectivity index (χ4v) is 1.36. The molecule has 9 nitrogen and oxygen atoms in total. The first-order valence-corrected chi connectivity index (χ1v) is 5.83. The lowest BCUT2D eigenvalue weighted by molar-refractivity contribution is -0.141. The standard InChI is InChI=1S/C10H21N5O4/c1-5(10(18)19)14-9(17)6(11)3-2-4-7(15-13)8(12)16/h5-7,15H,2-4,11,13H2,1H3,(H2,12,16)(H,14,17)(H,18,19)/t5-,6+,7-/m1/s1. The minimum Gasteiger partial charge on any atom is -0.480 e. The van der Waals surface area contributed by atoms with E-state index in [-0.39, 0.29) is 0 Å². The highest BCUT2D eigenvalue weighted by Gasteiger charge is 2.20. The number of carbonyl (C=O) groups is 3. The van der Waals surface area contributed by atoms with Gasteiger partial charge in [0.15, 0.2) is 0 Å². The summed E-state index contributed by atoms with van der Waals surface area (Å²) in [6.45, 7) is 1.34. The van der Waals surface area contributed by atoms with Gasteiger partial charge in [0, 0.05) is 0 Å². The summed E-state index contributed by atoms with van der Waals surface area (Å²) in [5.41, 5.74) is 12.9. The topological polar surface area (TPSA) is 174 Å². The third-order valence-corrected chi connectivity index (χ3v) is 2.62. The van der Waals surface area contributed by atoms with Crippen molar-refractivity contribution in [2.24, 2.45) is 17.3 Å². The Hall–Kier alpha value is -1.71. The van der Waals surface area contributed by atoms with Gasteiger partial charge in [0.2, 0.25) is 11.8 Å². The second-order valence-corrected chi connectivity index (χ2v) is 4.23. The van der Waals surface area contributed by atoms with Gasteiger partial charge in [-0.25, -0.2) is 5.43 Å². The van der Waals surface area contributed by atoms with Gasteiger partial charge in [-0.15, -0.1) is 0 Å². The minimum atomic E-state index is -1.14. The maximum absolute atomic E-state index is 11.5. The van der Waals surface area contributed by atoms with E-state index < -0.39 is 35.9 Å². The molecule has 19 heavy (non-hydrogen) atoms. The van der Waals surface area contributed by atoms with E-state index in [9.17, 15) is 14.4 Å². The second kappa shape index (κ2) is 8.40. The Bertz CT molecular complexity index is 336. The predicted molar refractivity (Wildman–Crippen MR) is 67.4 cm³/mol. The molecule has 9 heteroatoms. The lowest BCUT2D eigenvalue weighted by Crippen LogP contribution is -2.47. The van der Waals surface area contributed by atoms with Crippen LogP contribution in [0.25, 0.3) is 0 Å². The maximum atomic E-state index is 11.5. The van der Waals surface area contributed by atoms with Crippen LogP contribution < -0.4 is 28.1 Å². The summed E-state index contributed by atoms with van der Waals surface area (Å²) in [7, 11) is 0. The number of nitrogens with one attached hydrogen (secondary N) is 2. The third kappa shape index (κ3) is 6.70. The van der Waals surface area contributed by atoms with Crippen LogP contribution in [0.2, 0.25) is 0 Å². The molecule has 0 aromatic carbocycles. The summed E-state index contributed by atoms with van der Waals surface area (Å²) >= 11 is 0. The molecular formula is C10H21N5O4. The molecule has 0 rings (SSSR count). The lowest BCUT2D eigenvalue weighted by Gasteiger charge is -2.16. The molecule has 0 radical (unpaired) electrons. The van der Waals surface area contributed by atoms with Crippen molar-refractivity contribution >= 4 is 17.8 Å². The van der Waals surface area contributed by atoms with Crippen LogP contribution in [0.1, 0.15) is 26.2 Å². The van der Waals surface area contributed by atoms with Crippen molar-refractivity contribution in [3.63, 3.8) is 0 Å². The number of primary amides is 1. The highest BCUT2D eigenvalue weighted by molar-refractivity contribution is 5.86. The fraction of sp³-hybridized carbons (Fsp3) is 0.700. The van der Waals surface area contributed by atoms with Crippen molar-refractivity contribution in [2.75, 3.05) is 0 Å². The molecule has 0 bridgehead atoms. The Labute approximate surface area is 110 Å². The molecule has 0 saturated carbocycles. The Morgan fingerprint density at radius 3 is 2.26 bits per heavy atom. The minimum absolute atomic E-state index is 0.295. The third-order valence-electron chi connectivity index (χ3n) is 2.62. The van der Waals surface area contributed by atoms with E-state index >= 15 is 0 Å². The van der Waals surface area contributed by atoms with E-state index in [1.807, 2.05) is 0 Å². The number of hydrazine groups is 1. The van der Waals surface area contributed by atoms with Crippen LogP contribution in [0.4, 0.5) is 0 Å². The van der Waals surface area contributed by atoms with Crippen LogP contribution >= 0.6 is 0 Å². The molecule has 0 aromatic rings. The summed E-state index contributed by atoms with van der Waals surface area (Å²) < 4.78 is 0. The number of hydrogen-bond acceptors (Lipinski definition) is 6. The van der Waals surface area contributed by atoms with E-state index in [0.717, 1.165) is 0 Å². The molecule has 3 atom stereocenters. The van der Waals surface area contributed by atoms with Crippen molar-refractivity contribution in [1.29, 1.82) is 0 Å². The van der Waals surface area contributed by atoms with E-state index in [0.29, 0.717) is 19.3 Å². The predicted octanol–water partition coefficient (Wildman–Crippen LogP) is -2.61. The zero-order valence-electron chi connectivity index (χ0n) is 10.8. The zero-order chi connectivity index (χ0) is 15.0. The van der Waals surface area contributed by atoms with Crippen molar-refractivity contribution in [3.05, 3.63) is 0 Å². The Morgan fingerprint density at radius 2 is 1.84 bits per heavy atom. The molecular weight excluding hydrogens is 254 g/mol. The average molecular weight is 275 g/mol. The summed E-state index contributed by atoms with van der Waals surface area (Å²) in [5.74, 6) is 2.85. The fourth-order valence-electron chi connectivity index (χ4n) is 1.36. The van der Waals surface area contributed by atoms with E-state index in [2.05, 4.69) is 10.7 Å². The number of nitrogens with two attached hydrogens (primary N) is 3. The summed E-state index contributed by atoms with van der Waals surface area (Å²) in [5, 5.41) is 10.9. The van der Waals surface area contributed by atoms with Gasteiger partial charge < -0.3 is 21.9 Å². The van der Waals surface area contributed by atoms with Crippen molar-refractivity contribution in [3.8, 4) is 0 Å². The van der Waals surface area contributed by atoms with Gasteiger partial charge >= 0.3 is 5.97 Å². The maximum Gasteiger partial charge on any atom is 0.325 e. The average Bonchev–Trinajstić information content (AvgIpc) is 2.33. The van der Waals surface area contributed by atoms with Crippen LogP contribution in [-0.4, -0.2) is 41.0 Å². The quantitative estimate of drug-likeness (QED) is 0.197. The smallest absolute Gasteiger partial charge is 0.325 e. The Morgan fingerprint density at radius 1 is 1.26 bits per heavy atom. The molecule has 9 N–H and O–H groups in total. The molecule has 0 aliphatic rings. The van der Waals surface area contributed by atoms with Gasteiger partial charge in [-0.05, 0) is 26.2 Å². The van der Waals surface area contributed by atoms with Gasteiger partial charge in [0.25, 0.3) is 0 Å². The molecule has 0 aliphatic carbocycles. The summed E-state index contributed by atoms with van der Waals surface area (Å²) in [4.78, 5) is 32.9. The van der Waals surface area contributed by atoms with Gasteiger partial charge in [0.1, 0.15) is 6.04 Å². The van der Waals surface area contributed by atoms with Crippen molar-refractivity contribution in [1.82, 2.24) is 10.7 Å². The molecule has 2 amide bonds. The molecule has 0 unspecified atom stereocenters.